The van der Waals surface area contributed by atoms with E-state index >= 15 is 0 Å². The first kappa shape index (κ1) is 13.4. The number of hydrogen-bond acceptors (Lipinski definition) is 5. The lowest BCUT2D eigenvalue weighted by molar-refractivity contribution is 0.0871. The smallest absolute Gasteiger partial charge is 0.409 e. The Labute approximate surface area is 118 Å². The summed E-state index contributed by atoms with van der Waals surface area (Å²) in [5.74, 6) is 2.48. The molecule has 0 N–H and O–H groups in total. The number of carbonyl (C=O) groups is 1. The van der Waals surface area contributed by atoms with Gasteiger partial charge in [0.2, 0.25) is 5.89 Å². The van der Waals surface area contributed by atoms with Crippen LogP contribution in [-0.4, -0.2) is 40.8 Å². The van der Waals surface area contributed by atoms with Gasteiger partial charge in [-0.2, -0.15) is 4.98 Å². The fraction of sp³-hybridized carbons (Fsp3) is 0.786. The summed E-state index contributed by atoms with van der Waals surface area (Å²) >= 11 is 0. The number of piperidine rings is 1. The van der Waals surface area contributed by atoms with E-state index in [1.54, 1.807) is 4.90 Å². The average Bonchev–Trinajstić information content (AvgIpc) is 3.20. The molecule has 0 aromatic carbocycles. The third kappa shape index (κ3) is 3.11. The molecule has 6 nitrogen and oxygen atoms in total. The summed E-state index contributed by atoms with van der Waals surface area (Å²) in [6, 6.07) is 0. The third-order valence-electron chi connectivity index (χ3n) is 3.93. The molecule has 20 heavy (non-hydrogen) atoms. The van der Waals surface area contributed by atoms with Crippen molar-refractivity contribution in [3.63, 3.8) is 0 Å². The van der Waals surface area contributed by atoms with Crippen LogP contribution in [-0.2, 0) is 11.2 Å². The Bertz CT molecular complexity index is 470. The van der Waals surface area contributed by atoms with Crippen LogP contribution >= 0.6 is 0 Å². The summed E-state index contributed by atoms with van der Waals surface area (Å²) in [5.41, 5.74) is 0. The van der Waals surface area contributed by atoms with Crippen molar-refractivity contribution in [2.75, 3.05) is 19.7 Å². The number of amides is 1. The maximum atomic E-state index is 11.8. The highest BCUT2D eigenvalue weighted by Crippen LogP contribution is 2.38. The van der Waals surface area contributed by atoms with Crippen molar-refractivity contribution in [1.29, 1.82) is 0 Å². The number of hydrogen-bond donors (Lipinski definition) is 0. The van der Waals surface area contributed by atoms with Crippen LogP contribution in [0.1, 0.15) is 50.2 Å². The van der Waals surface area contributed by atoms with E-state index in [9.17, 15) is 4.79 Å². The molecule has 1 unspecified atom stereocenters. The van der Waals surface area contributed by atoms with Crippen LogP contribution in [0.5, 0.6) is 0 Å². The van der Waals surface area contributed by atoms with Gasteiger partial charge in [-0.3, -0.25) is 0 Å². The standard InChI is InChI=1S/C14H21N3O3/c1-2-19-14(18)17-7-3-4-10(9-17)8-12-15-13(16-20-12)11-5-6-11/h10-11H,2-9H2,1H3. The predicted octanol–water partition coefficient (Wildman–Crippen LogP) is 2.36. The maximum Gasteiger partial charge on any atom is 0.409 e. The molecule has 1 amide bonds. The van der Waals surface area contributed by atoms with Crippen LogP contribution in [0, 0.1) is 5.92 Å². The largest absolute Gasteiger partial charge is 0.450 e. The number of ether oxygens (including phenoxy) is 1. The third-order valence-corrected chi connectivity index (χ3v) is 3.93. The lowest BCUT2D eigenvalue weighted by Gasteiger charge is -2.31. The second kappa shape index (κ2) is 5.81. The molecule has 2 heterocycles. The van der Waals surface area contributed by atoms with Crippen molar-refractivity contribution >= 4 is 6.09 Å². The molecule has 2 aliphatic rings. The molecule has 1 aliphatic carbocycles. The van der Waals surface area contributed by atoms with Crippen molar-refractivity contribution in [2.45, 2.75) is 44.9 Å². The monoisotopic (exact) mass is 279 g/mol. The minimum absolute atomic E-state index is 0.207. The van der Waals surface area contributed by atoms with Gasteiger partial charge in [0, 0.05) is 25.4 Å². The van der Waals surface area contributed by atoms with Crippen molar-refractivity contribution in [1.82, 2.24) is 15.0 Å². The second-order valence-corrected chi connectivity index (χ2v) is 5.68. The number of carbonyl (C=O) groups excluding carboxylic acids is 1. The lowest BCUT2D eigenvalue weighted by Crippen LogP contribution is -2.40. The summed E-state index contributed by atoms with van der Waals surface area (Å²) in [7, 11) is 0. The summed E-state index contributed by atoms with van der Waals surface area (Å²) in [4.78, 5) is 18.0. The molecule has 2 fully saturated rings. The molecule has 1 aliphatic heterocycles. The van der Waals surface area contributed by atoms with Crippen LogP contribution < -0.4 is 0 Å². The number of likely N-dealkylation sites (tertiary alicyclic amines) is 1. The Morgan fingerprint density at radius 2 is 2.30 bits per heavy atom. The molecule has 3 rings (SSSR count). The maximum absolute atomic E-state index is 11.8. The summed E-state index contributed by atoms with van der Waals surface area (Å²) in [5, 5.41) is 4.04. The van der Waals surface area contributed by atoms with Gasteiger partial charge < -0.3 is 14.2 Å². The van der Waals surface area contributed by atoms with Gasteiger partial charge in [0.25, 0.3) is 0 Å². The van der Waals surface area contributed by atoms with Gasteiger partial charge in [0.05, 0.1) is 6.61 Å². The van der Waals surface area contributed by atoms with Crippen LogP contribution in [0.25, 0.3) is 0 Å². The quantitative estimate of drug-likeness (QED) is 0.846. The zero-order valence-corrected chi connectivity index (χ0v) is 11.9. The van der Waals surface area contributed by atoms with E-state index in [1.807, 2.05) is 6.92 Å². The molecule has 0 radical (unpaired) electrons. The first-order valence-electron chi connectivity index (χ1n) is 7.50. The lowest BCUT2D eigenvalue weighted by atomic mass is 9.95. The number of aromatic nitrogens is 2. The van der Waals surface area contributed by atoms with Gasteiger partial charge >= 0.3 is 6.09 Å². The molecule has 6 heteroatoms. The first-order chi connectivity index (χ1) is 9.76. The molecule has 110 valence electrons. The fourth-order valence-electron chi connectivity index (χ4n) is 2.72. The molecular formula is C14H21N3O3. The predicted molar refractivity (Wildman–Crippen MR) is 71.3 cm³/mol. The Morgan fingerprint density at radius 1 is 1.45 bits per heavy atom. The highest BCUT2D eigenvalue weighted by atomic mass is 16.6. The van der Waals surface area contributed by atoms with Gasteiger partial charge in [0.15, 0.2) is 5.82 Å². The minimum atomic E-state index is -0.207. The molecular weight excluding hydrogens is 258 g/mol. The minimum Gasteiger partial charge on any atom is -0.450 e. The Hall–Kier alpha value is -1.59. The van der Waals surface area contributed by atoms with Gasteiger partial charge in [-0.25, -0.2) is 4.79 Å². The van der Waals surface area contributed by atoms with Crippen molar-refractivity contribution < 1.29 is 14.1 Å². The van der Waals surface area contributed by atoms with E-state index < -0.39 is 0 Å². The molecule has 1 saturated carbocycles. The molecule has 1 saturated heterocycles. The van der Waals surface area contributed by atoms with E-state index in [0.717, 1.165) is 38.2 Å². The first-order valence-corrected chi connectivity index (χ1v) is 7.50. The van der Waals surface area contributed by atoms with Crippen molar-refractivity contribution in [3.05, 3.63) is 11.7 Å². The summed E-state index contributed by atoms with van der Waals surface area (Å²) in [6.45, 7) is 3.76. The van der Waals surface area contributed by atoms with Gasteiger partial charge in [-0.05, 0) is 38.5 Å². The SMILES string of the molecule is CCOC(=O)N1CCCC(Cc2nc(C3CC3)no2)C1. The topological polar surface area (TPSA) is 68.5 Å². The van der Waals surface area contributed by atoms with Crippen molar-refractivity contribution in [2.24, 2.45) is 5.92 Å². The van der Waals surface area contributed by atoms with E-state index in [4.69, 9.17) is 9.26 Å². The zero-order chi connectivity index (χ0) is 13.9. The molecule has 1 aromatic heterocycles. The average molecular weight is 279 g/mol. The highest BCUT2D eigenvalue weighted by Gasteiger charge is 2.30. The van der Waals surface area contributed by atoms with Gasteiger partial charge in [-0.1, -0.05) is 5.16 Å². The molecule has 0 bridgehead atoms. The fourth-order valence-corrected chi connectivity index (χ4v) is 2.72. The van der Waals surface area contributed by atoms with E-state index in [0.29, 0.717) is 24.3 Å². The van der Waals surface area contributed by atoms with E-state index in [2.05, 4.69) is 10.1 Å². The van der Waals surface area contributed by atoms with Gasteiger partial charge in [-0.15, -0.1) is 0 Å². The Balaban J connectivity index is 1.54. The second-order valence-electron chi connectivity index (χ2n) is 5.68. The van der Waals surface area contributed by atoms with Crippen LogP contribution in [0.15, 0.2) is 4.52 Å². The molecule has 1 atom stereocenters. The van der Waals surface area contributed by atoms with E-state index in [-0.39, 0.29) is 6.09 Å². The van der Waals surface area contributed by atoms with Crippen LogP contribution in [0.3, 0.4) is 0 Å². The molecule has 0 spiro atoms. The Morgan fingerprint density at radius 3 is 3.05 bits per heavy atom. The number of rotatable bonds is 4. The van der Waals surface area contributed by atoms with Crippen molar-refractivity contribution in [3.8, 4) is 0 Å². The van der Waals surface area contributed by atoms with E-state index in [1.165, 1.54) is 12.8 Å². The Kier molecular flexibility index (Phi) is 3.89. The highest BCUT2D eigenvalue weighted by molar-refractivity contribution is 5.67. The summed E-state index contributed by atoms with van der Waals surface area (Å²) < 4.78 is 10.4. The van der Waals surface area contributed by atoms with Crippen LogP contribution in [0.2, 0.25) is 0 Å². The zero-order valence-electron chi connectivity index (χ0n) is 11.9. The molecule has 1 aromatic rings. The normalized spacial score (nSPS) is 22.9. The number of nitrogens with zero attached hydrogens (tertiary/aromatic N) is 3. The van der Waals surface area contributed by atoms with Gasteiger partial charge in [0.1, 0.15) is 0 Å². The van der Waals surface area contributed by atoms with Crippen LogP contribution in [0.4, 0.5) is 4.79 Å². The summed E-state index contributed by atoms with van der Waals surface area (Å²) in [6.07, 6.45) is 5.01.